The summed E-state index contributed by atoms with van der Waals surface area (Å²) in [5.74, 6) is -3.71. The van der Waals surface area contributed by atoms with E-state index in [2.05, 4.69) is 5.32 Å². The number of aryl methyl sites for hydroxylation is 1. The van der Waals surface area contributed by atoms with Gasteiger partial charge in [0.05, 0.1) is 11.8 Å². The molecule has 3 aliphatic carbocycles. The largest absolute Gasteiger partial charge is 0.454 e. The number of nitrogens with zero attached hydrogens (tertiary/aromatic N) is 1. The fourth-order valence-corrected chi connectivity index (χ4v) is 7.08. The van der Waals surface area contributed by atoms with Crippen LogP contribution < -0.4 is 5.32 Å². The molecule has 0 unspecified atom stereocenters. The van der Waals surface area contributed by atoms with E-state index >= 15 is 0 Å². The maximum Gasteiger partial charge on any atom is 0.329 e. The standard InChI is InChI=1S/C33H31ClN2O5/c1-17(2)14-25(33(40)41-16-26(37)35-24-15-19(34)13-12-18(24)3)36-31(38)29-27-20-8-4-5-9-21(20)28(30(29)32(36)39)23-11-7-6-10-22(23)27/h4-13,15,17,25,27-30H,14,16H2,1-3H3,(H,35,37)/t25-,27?,28?,29-,30+/m0/s1. The van der Waals surface area contributed by atoms with Crippen molar-refractivity contribution in [1.29, 1.82) is 0 Å². The minimum Gasteiger partial charge on any atom is -0.454 e. The highest BCUT2D eigenvalue weighted by atomic mass is 35.5. The number of rotatable bonds is 7. The zero-order valence-corrected chi connectivity index (χ0v) is 23.9. The molecule has 4 aliphatic rings. The van der Waals surface area contributed by atoms with Crippen molar-refractivity contribution < 1.29 is 23.9 Å². The van der Waals surface area contributed by atoms with Crippen LogP contribution in [-0.2, 0) is 23.9 Å². The van der Waals surface area contributed by atoms with Crippen LogP contribution in [0.4, 0.5) is 5.69 Å². The maximum absolute atomic E-state index is 14.1. The van der Waals surface area contributed by atoms with E-state index in [9.17, 15) is 19.2 Å². The van der Waals surface area contributed by atoms with Gasteiger partial charge in [-0.2, -0.15) is 0 Å². The van der Waals surface area contributed by atoms with E-state index in [0.29, 0.717) is 10.7 Å². The first-order chi connectivity index (χ1) is 19.7. The van der Waals surface area contributed by atoms with E-state index in [1.807, 2.05) is 69.3 Å². The van der Waals surface area contributed by atoms with Crippen molar-refractivity contribution >= 4 is 41.0 Å². The van der Waals surface area contributed by atoms with Crippen molar-refractivity contribution in [1.82, 2.24) is 4.90 Å². The molecule has 1 aliphatic heterocycles. The van der Waals surface area contributed by atoms with Gasteiger partial charge in [-0.1, -0.05) is 80.0 Å². The molecule has 2 bridgehead atoms. The summed E-state index contributed by atoms with van der Waals surface area (Å²) in [6.45, 7) is 5.11. The number of halogens is 1. The predicted molar refractivity (Wildman–Crippen MR) is 154 cm³/mol. The molecule has 0 aromatic heterocycles. The lowest BCUT2D eigenvalue weighted by molar-refractivity contribution is -0.160. The Labute approximate surface area is 243 Å². The van der Waals surface area contributed by atoms with E-state index in [4.69, 9.17) is 16.3 Å². The molecule has 3 atom stereocenters. The molecule has 1 saturated heterocycles. The number of carbonyl (C=O) groups excluding carboxylic acids is 4. The Morgan fingerprint density at radius 1 is 0.878 bits per heavy atom. The lowest BCUT2D eigenvalue weighted by atomic mass is 9.55. The molecule has 7 nitrogen and oxygen atoms in total. The SMILES string of the molecule is Cc1ccc(Cl)cc1NC(=O)COC(=O)[C@H](CC(C)C)N1C(=O)[C@@H]2C3c4ccccc4C(c4ccccc43)[C@@H]2C1=O. The van der Waals surface area contributed by atoms with Gasteiger partial charge in [-0.3, -0.25) is 19.3 Å². The van der Waals surface area contributed by atoms with E-state index in [-0.39, 0.29) is 36.0 Å². The molecule has 1 N–H and O–H groups in total. The molecule has 0 radical (unpaired) electrons. The molecule has 3 amide bonds. The lowest BCUT2D eigenvalue weighted by Gasteiger charge is -2.45. The van der Waals surface area contributed by atoms with Crippen molar-refractivity contribution in [2.45, 2.75) is 45.1 Å². The molecular formula is C33H31ClN2O5. The number of esters is 1. The quantitative estimate of drug-likeness (QED) is 0.302. The van der Waals surface area contributed by atoms with E-state index < -0.39 is 36.4 Å². The Bertz CT molecular complexity index is 1470. The van der Waals surface area contributed by atoms with Gasteiger partial charge in [-0.05, 0) is 59.2 Å². The van der Waals surface area contributed by atoms with Gasteiger partial charge in [-0.15, -0.1) is 0 Å². The van der Waals surface area contributed by atoms with Gasteiger partial charge in [-0.25, -0.2) is 4.79 Å². The smallest absolute Gasteiger partial charge is 0.329 e. The maximum atomic E-state index is 14.1. The van der Waals surface area contributed by atoms with Gasteiger partial charge in [0.15, 0.2) is 6.61 Å². The van der Waals surface area contributed by atoms with Crippen molar-refractivity contribution in [3.63, 3.8) is 0 Å². The normalized spacial score (nSPS) is 22.7. The number of amides is 3. The van der Waals surface area contributed by atoms with E-state index in [1.165, 1.54) is 0 Å². The topological polar surface area (TPSA) is 92.8 Å². The molecule has 1 heterocycles. The second kappa shape index (κ2) is 10.5. The van der Waals surface area contributed by atoms with Crippen LogP contribution in [-0.4, -0.2) is 41.2 Å². The summed E-state index contributed by atoms with van der Waals surface area (Å²) >= 11 is 6.05. The van der Waals surface area contributed by atoms with Gasteiger partial charge in [0.25, 0.3) is 5.91 Å². The first-order valence-electron chi connectivity index (χ1n) is 13.9. The molecule has 41 heavy (non-hydrogen) atoms. The summed E-state index contributed by atoms with van der Waals surface area (Å²) in [6.07, 6.45) is 0.236. The summed E-state index contributed by atoms with van der Waals surface area (Å²) in [4.78, 5) is 55.6. The summed E-state index contributed by atoms with van der Waals surface area (Å²) in [5.41, 5.74) is 5.58. The number of benzene rings is 3. The lowest BCUT2D eigenvalue weighted by Crippen LogP contribution is -2.47. The average molecular weight is 571 g/mol. The number of nitrogens with one attached hydrogen (secondary N) is 1. The highest BCUT2D eigenvalue weighted by molar-refractivity contribution is 6.31. The van der Waals surface area contributed by atoms with Crippen molar-refractivity contribution in [2.75, 3.05) is 11.9 Å². The van der Waals surface area contributed by atoms with E-state index in [1.54, 1.807) is 18.2 Å². The molecule has 8 heteroatoms. The second-order valence-electron chi connectivity index (χ2n) is 11.6. The molecule has 3 aromatic rings. The Morgan fingerprint density at radius 3 is 1.88 bits per heavy atom. The molecular weight excluding hydrogens is 540 g/mol. The van der Waals surface area contributed by atoms with E-state index in [0.717, 1.165) is 32.7 Å². The molecule has 0 spiro atoms. The fraction of sp³-hybridized carbons (Fsp3) is 0.333. The molecule has 1 fully saturated rings. The van der Waals surface area contributed by atoms with Crippen LogP contribution in [0.3, 0.4) is 0 Å². The average Bonchev–Trinajstić information content (AvgIpc) is 3.22. The second-order valence-corrected chi connectivity index (χ2v) is 12.0. The van der Waals surface area contributed by atoms with Crippen molar-refractivity contribution in [3.05, 3.63) is 99.6 Å². The fourth-order valence-electron chi connectivity index (χ4n) is 6.91. The first-order valence-corrected chi connectivity index (χ1v) is 14.3. The van der Waals surface area contributed by atoms with Crippen LogP contribution >= 0.6 is 11.6 Å². The van der Waals surface area contributed by atoms with Gasteiger partial charge in [0.1, 0.15) is 6.04 Å². The van der Waals surface area contributed by atoms with Gasteiger partial charge in [0, 0.05) is 22.5 Å². The van der Waals surface area contributed by atoms with Crippen molar-refractivity contribution in [2.24, 2.45) is 17.8 Å². The summed E-state index contributed by atoms with van der Waals surface area (Å²) in [6, 6.07) is 20.0. The van der Waals surface area contributed by atoms with Crippen LogP contribution in [0.25, 0.3) is 0 Å². The Morgan fingerprint density at radius 2 is 1.39 bits per heavy atom. The summed E-state index contributed by atoms with van der Waals surface area (Å²) in [5, 5.41) is 3.17. The highest BCUT2D eigenvalue weighted by Crippen LogP contribution is 2.61. The molecule has 0 saturated carbocycles. The monoisotopic (exact) mass is 570 g/mol. The van der Waals surface area contributed by atoms with Gasteiger partial charge < -0.3 is 10.1 Å². The van der Waals surface area contributed by atoms with Crippen LogP contribution in [0.1, 0.15) is 59.9 Å². The number of carbonyl (C=O) groups is 4. The zero-order chi connectivity index (χ0) is 29.0. The predicted octanol–water partition coefficient (Wildman–Crippen LogP) is 5.44. The third-order valence-electron chi connectivity index (χ3n) is 8.58. The van der Waals surface area contributed by atoms with Crippen LogP contribution in [0, 0.1) is 24.7 Å². The third kappa shape index (κ3) is 4.52. The highest BCUT2D eigenvalue weighted by Gasteiger charge is 2.63. The zero-order valence-electron chi connectivity index (χ0n) is 23.1. The van der Waals surface area contributed by atoms with Gasteiger partial charge in [0.2, 0.25) is 11.8 Å². The minimum absolute atomic E-state index is 0.00942. The summed E-state index contributed by atoms with van der Waals surface area (Å²) in [7, 11) is 0. The van der Waals surface area contributed by atoms with Crippen LogP contribution in [0.2, 0.25) is 5.02 Å². The number of hydrogen-bond acceptors (Lipinski definition) is 5. The van der Waals surface area contributed by atoms with Crippen LogP contribution in [0.5, 0.6) is 0 Å². The number of likely N-dealkylation sites (tertiary alicyclic amines) is 1. The number of imide groups is 1. The molecule has 3 aromatic carbocycles. The van der Waals surface area contributed by atoms with Gasteiger partial charge >= 0.3 is 5.97 Å². The number of ether oxygens (including phenoxy) is 1. The number of hydrogen-bond donors (Lipinski definition) is 1. The van der Waals surface area contributed by atoms with Crippen LogP contribution in [0.15, 0.2) is 66.7 Å². The first kappa shape index (κ1) is 27.2. The van der Waals surface area contributed by atoms with Crippen molar-refractivity contribution in [3.8, 4) is 0 Å². The molecule has 7 rings (SSSR count). The Kier molecular flexibility index (Phi) is 6.94. The third-order valence-corrected chi connectivity index (χ3v) is 8.82. The minimum atomic E-state index is -1.12. The molecule has 210 valence electrons. The summed E-state index contributed by atoms with van der Waals surface area (Å²) < 4.78 is 5.43. The Balaban J connectivity index is 1.27. The Hall–Kier alpha value is -3.97. The number of anilines is 1.